The molecule has 4 nitrogen and oxygen atoms in total. The predicted molar refractivity (Wildman–Crippen MR) is 81.4 cm³/mol. The first-order valence-electron chi connectivity index (χ1n) is 7.20. The Morgan fingerprint density at radius 3 is 2.65 bits per heavy atom. The number of rotatable bonds is 4. The fourth-order valence-electron chi connectivity index (χ4n) is 3.21. The second kappa shape index (κ2) is 6.22. The first-order chi connectivity index (χ1) is 9.41. The Morgan fingerprint density at radius 2 is 2.10 bits per heavy atom. The topological polar surface area (TPSA) is 59.1 Å². The molecule has 20 heavy (non-hydrogen) atoms. The van der Waals surface area contributed by atoms with Gasteiger partial charge in [-0.2, -0.15) is 0 Å². The second-order valence-corrected chi connectivity index (χ2v) is 8.20. The van der Waals surface area contributed by atoms with Crippen molar-refractivity contribution in [1.82, 2.24) is 10.3 Å². The molecule has 1 aromatic rings. The van der Waals surface area contributed by atoms with Crippen molar-refractivity contribution >= 4 is 9.84 Å². The van der Waals surface area contributed by atoms with E-state index >= 15 is 0 Å². The van der Waals surface area contributed by atoms with Crippen LogP contribution in [0.1, 0.15) is 43.0 Å². The summed E-state index contributed by atoms with van der Waals surface area (Å²) >= 11 is 0. The highest BCUT2D eigenvalue weighted by Gasteiger charge is 2.33. The zero-order valence-corrected chi connectivity index (χ0v) is 13.3. The highest BCUT2D eigenvalue weighted by molar-refractivity contribution is 7.91. The van der Waals surface area contributed by atoms with E-state index in [0.717, 1.165) is 36.9 Å². The molecule has 1 fully saturated rings. The van der Waals surface area contributed by atoms with Crippen LogP contribution in [0.2, 0.25) is 0 Å². The van der Waals surface area contributed by atoms with E-state index < -0.39 is 9.84 Å². The van der Waals surface area contributed by atoms with Gasteiger partial charge in [-0.3, -0.25) is 4.98 Å². The summed E-state index contributed by atoms with van der Waals surface area (Å²) in [6.45, 7) is 1.97. The lowest BCUT2D eigenvalue weighted by atomic mass is 9.81. The van der Waals surface area contributed by atoms with Crippen LogP contribution in [-0.2, 0) is 9.84 Å². The van der Waals surface area contributed by atoms with Crippen molar-refractivity contribution < 1.29 is 8.42 Å². The SMILES string of the molecule is CNC(c1ccc(C)nc1)C1CCCC(S(C)(=O)=O)C1. The monoisotopic (exact) mass is 296 g/mol. The number of aromatic nitrogens is 1. The molecule has 112 valence electrons. The van der Waals surface area contributed by atoms with Gasteiger partial charge in [0.1, 0.15) is 9.84 Å². The Balaban J connectivity index is 2.17. The third-order valence-electron chi connectivity index (χ3n) is 4.35. The van der Waals surface area contributed by atoms with Crippen molar-refractivity contribution in [2.24, 2.45) is 5.92 Å². The summed E-state index contributed by atoms with van der Waals surface area (Å²) < 4.78 is 23.6. The normalized spacial score (nSPS) is 25.4. The number of sulfone groups is 1. The van der Waals surface area contributed by atoms with Crippen LogP contribution >= 0.6 is 0 Å². The molecule has 0 aromatic carbocycles. The maximum absolute atomic E-state index is 11.8. The number of nitrogens with one attached hydrogen (secondary N) is 1. The number of aryl methyl sites for hydroxylation is 1. The molecular formula is C15H24N2O2S. The molecule has 5 heteroatoms. The fourth-order valence-corrected chi connectivity index (χ4v) is 4.40. The lowest BCUT2D eigenvalue weighted by Crippen LogP contribution is -2.34. The van der Waals surface area contributed by atoms with Gasteiger partial charge in [0.2, 0.25) is 0 Å². The molecule has 0 aliphatic heterocycles. The lowest BCUT2D eigenvalue weighted by molar-refractivity contribution is 0.282. The minimum atomic E-state index is -2.93. The molecule has 1 aromatic heterocycles. The van der Waals surface area contributed by atoms with E-state index in [1.165, 1.54) is 6.26 Å². The van der Waals surface area contributed by atoms with Crippen molar-refractivity contribution in [3.63, 3.8) is 0 Å². The van der Waals surface area contributed by atoms with Crippen LogP contribution in [0, 0.1) is 12.8 Å². The van der Waals surface area contributed by atoms with Crippen molar-refractivity contribution in [1.29, 1.82) is 0 Å². The van der Waals surface area contributed by atoms with Gasteiger partial charge < -0.3 is 5.32 Å². The average molecular weight is 296 g/mol. The zero-order valence-electron chi connectivity index (χ0n) is 12.5. The molecular weight excluding hydrogens is 272 g/mol. The van der Waals surface area contributed by atoms with Gasteiger partial charge in [-0.15, -0.1) is 0 Å². The van der Waals surface area contributed by atoms with Crippen molar-refractivity contribution in [2.45, 2.75) is 43.9 Å². The van der Waals surface area contributed by atoms with Gasteiger partial charge in [-0.1, -0.05) is 12.5 Å². The maximum Gasteiger partial charge on any atom is 0.150 e. The minimum absolute atomic E-state index is 0.185. The van der Waals surface area contributed by atoms with E-state index in [1.54, 1.807) is 0 Å². The molecule has 2 rings (SSSR count). The first-order valence-corrected chi connectivity index (χ1v) is 9.16. The first kappa shape index (κ1) is 15.4. The third-order valence-corrected chi connectivity index (χ3v) is 5.99. The molecule has 0 spiro atoms. The summed E-state index contributed by atoms with van der Waals surface area (Å²) in [5.74, 6) is 0.359. The smallest absolute Gasteiger partial charge is 0.150 e. The molecule has 3 unspecified atom stereocenters. The number of hydrogen-bond acceptors (Lipinski definition) is 4. The Hall–Kier alpha value is -0.940. The molecule has 1 N–H and O–H groups in total. The second-order valence-electron chi connectivity index (χ2n) is 5.88. The largest absolute Gasteiger partial charge is 0.313 e. The van der Waals surface area contributed by atoms with E-state index in [9.17, 15) is 8.42 Å². The van der Waals surface area contributed by atoms with Crippen LogP contribution in [0.25, 0.3) is 0 Å². The number of pyridine rings is 1. The van der Waals surface area contributed by atoms with Crippen molar-refractivity contribution in [3.8, 4) is 0 Å². The Bertz CT molecular complexity index is 539. The molecule has 1 saturated carbocycles. The van der Waals surface area contributed by atoms with Gasteiger partial charge in [-0.25, -0.2) is 8.42 Å². The number of nitrogens with zero attached hydrogens (tertiary/aromatic N) is 1. The highest BCUT2D eigenvalue weighted by Crippen LogP contribution is 2.36. The molecule has 1 heterocycles. The van der Waals surface area contributed by atoms with Gasteiger partial charge in [-0.05, 0) is 50.8 Å². The van der Waals surface area contributed by atoms with Crippen LogP contribution < -0.4 is 5.32 Å². The summed E-state index contributed by atoms with van der Waals surface area (Å²) in [7, 11) is -0.994. The number of hydrogen-bond donors (Lipinski definition) is 1. The highest BCUT2D eigenvalue weighted by atomic mass is 32.2. The van der Waals surface area contributed by atoms with Crippen LogP contribution in [0.3, 0.4) is 0 Å². The van der Waals surface area contributed by atoms with Crippen molar-refractivity contribution in [3.05, 3.63) is 29.6 Å². The third kappa shape index (κ3) is 3.58. The summed E-state index contributed by atoms with van der Waals surface area (Å²) in [6, 6.07) is 4.29. The lowest BCUT2D eigenvalue weighted by Gasteiger charge is -2.34. The van der Waals surface area contributed by atoms with Crippen LogP contribution in [0.15, 0.2) is 18.3 Å². The molecule has 0 amide bonds. The van der Waals surface area contributed by atoms with Gasteiger partial charge in [0.05, 0.1) is 5.25 Å². The van der Waals surface area contributed by atoms with Crippen LogP contribution in [0.5, 0.6) is 0 Å². The van der Waals surface area contributed by atoms with E-state index in [2.05, 4.69) is 16.4 Å². The van der Waals surface area contributed by atoms with Crippen LogP contribution in [0.4, 0.5) is 0 Å². The van der Waals surface area contributed by atoms with E-state index in [0.29, 0.717) is 5.92 Å². The quantitative estimate of drug-likeness (QED) is 0.926. The molecule has 0 bridgehead atoms. The van der Waals surface area contributed by atoms with Crippen LogP contribution in [-0.4, -0.2) is 32.0 Å². The van der Waals surface area contributed by atoms with Gasteiger partial charge in [0.25, 0.3) is 0 Å². The molecule has 1 aliphatic carbocycles. The summed E-state index contributed by atoms with van der Waals surface area (Å²) in [5.41, 5.74) is 2.15. The Morgan fingerprint density at radius 1 is 1.35 bits per heavy atom. The van der Waals surface area contributed by atoms with Crippen molar-refractivity contribution in [2.75, 3.05) is 13.3 Å². The average Bonchev–Trinajstić information content (AvgIpc) is 2.41. The Labute approximate surface area is 121 Å². The summed E-state index contributed by atoms with van der Waals surface area (Å²) in [5, 5.41) is 3.16. The minimum Gasteiger partial charge on any atom is -0.313 e. The van der Waals surface area contributed by atoms with E-state index in [1.807, 2.05) is 26.2 Å². The predicted octanol–water partition coefficient (Wildman–Crippen LogP) is 2.25. The fraction of sp³-hybridized carbons (Fsp3) is 0.667. The summed E-state index contributed by atoms with van der Waals surface area (Å²) in [6.07, 6.45) is 6.88. The molecule has 0 saturated heterocycles. The van der Waals surface area contributed by atoms with Gasteiger partial charge >= 0.3 is 0 Å². The molecule has 0 radical (unpaired) electrons. The van der Waals surface area contributed by atoms with E-state index in [-0.39, 0.29) is 11.3 Å². The molecule has 1 aliphatic rings. The maximum atomic E-state index is 11.8. The van der Waals surface area contributed by atoms with Gasteiger partial charge in [0.15, 0.2) is 0 Å². The standard InChI is InChI=1S/C15H24N2O2S/c1-11-7-8-13(10-17-11)15(16-2)12-5-4-6-14(9-12)20(3,18)19/h7-8,10,12,14-16H,4-6,9H2,1-3H3. The molecule has 3 atom stereocenters. The Kier molecular flexibility index (Phi) is 4.81. The summed E-state index contributed by atoms with van der Waals surface area (Å²) in [4.78, 5) is 4.35. The van der Waals surface area contributed by atoms with Gasteiger partial charge in [0, 0.05) is 24.2 Å². The van der Waals surface area contributed by atoms with E-state index in [4.69, 9.17) is 0 Å². The zero-order chi connectivity index (χ0) is 14.8.